The third-order valence-electron chi connectivity index (χ3n) is 1.74. The molecule has 0 saturated carbocycles. The lowest BCUT2D eigenvalue weighted by Gasteiger charge is -2.08. The van der Waals surface area contributed by atoms with Gasteiger partial charge in [-0.1, -0.05) is 4.31 Å². The van der Waals surface area contributed by atoms with Crippen LogP contribution in [0.1, 0.15) is 19.8 Å². The molecule has 1 rings (SSSR count). The molecule has 0 aromatic rings. The zero-order valence-electron chi connectivity index (χ0n) is 7.17. The molecule has 5 heteroatoms. The molecule has 1 atom stereocenters. The molecule has 2 amide bonds. The molecule has 1 heterocycles. The van der Waals surface area contributed by atoms with Gasteiger partial charge in [0.1, 0.15) is 23.1 Å². The zero-order valence-corrected chi connectivity index (χ0v) is 8.74. The monoisotopic (exact) mass is 209 g/mol. The van der Waals surface area contributed by atoms with E-state index in [9.17, 15) is 9.59 Å². The van der Waals surface area contributed by atoms with Crippen molar-refractivity contribution in [3.05, 3.63) is 0 Å². The molecule has 1 fully saturated rings. The van der Waals surface area contributed by atoms with Gasteiger partial charge in [-0.2, -0.15) is 0 Å². The maximum Gasteiger partial charge on any atom is 0.273 e. The third-order valence-corrected chi connectivity index (χ3v) is 3.60. The molecule has 0 bridgehead atoms. The van der Waals surface area contributed by atoms with Gasteiger partial charge in [0.15, 0.2) is 0 Å². The van der Waals surface area contributed by atoms with Crippen LogP contribution in [0.2, 0.25) is 0 Å². The van der Waals surface area contributed by atoms with Crippen LogP contribution in [0.3, 0.4) is 0 Å². The highest BCUT2D eigenvalue weighted by Crippen LogP contribution is 2.16. The minimum absolute atomic E-state index is 0. The minimum atomic E-state index is -0.178. The first-order chi connectivity index (χ1) is 5.16. The third kappa shape index (κ3) is 2.14. The minimum Gasteiger partial charge on any atom is -1.00 e. The van der Waals surface area contributed by atoms with Crippen LogP contribution in [-0.4, -0.2) is 28.1 Å². The van der Waals surface area contributed by atoms with Gasteiger partial charge in [0, 0.05) is 12.8 Å². The van der Waals surface area contributed by atoms with Crippen molar-refractivity contribution in [2.75, 3.05) is 12.0 Å². The summed E-state index contributed by atoms with van der Waals surface area (Å²) in [6, 6.07) is 0. The van der Waals surface area contributed by atoms with Gasteiger partial charge in [0.25, 0.3) is 11.8 Å². The van der Waals surface area contributed by atoms with Crippen LogP contribution in [0.5, 0.6) is 0 Å². The topological polar surface area (TPSA) is 37.4 Å². The molecule has 0 aromatic carbocycles. The van der Waals surface area contributed by atoms with E-state index in [-0.39, 0.29) is 35.3 Å². The summed E-state index contributed by atoms with van der Waals surface area (Å²) in [5.41, 5.74) is 0. The number of hydrogen-bond donors (Lipinski definition) is 0. The molecule has 0 aromatic heterocycles. The number of nitrogens with zero attached hydrogens (tertiary/aromatic N) is 1. The molecular weight excluding hydrogens is 198 g/mol. The second-order valence-corrected chi connectivity index (χ2v) is 4.61. The van der Waals surface area contributed by atoms with Gasteiger partial charge < -0.3 is 12.4 Å². The van der Waals surface area contributed by atoms with E-state index < -0.39 is 0 Å². The van der Waals surface area contributed by atoms with Gasteiger partial charge in [0.2, 0.25) is 0 Å². The summed E-state index contributed by atoms with van der Waals surface area (Å²) in [5.74, 6) is 0.877. The van der Waals surface area contributed by atoms with Crippen LogP contribution in [-0.2, 0) is 20.7 Å². The van der Waals surface area contributed by atoms with E-state index in [1.165, 1.54) is 4.31 Å². The van der Waals surface area contributed by atoms with Crippen LogP contribution >= 0.6 is 0 Å². The number of carbonyl (C=O) groups is 2. The van der Waals surface area contributed by atoms with Crippen LogP contribution in [0.15, 0.2) is 0 Å². The summed E-state index contributed by atoms with van der Waals surface area (Å²) in [4.78, 5) is 22.2. The van der Waals surface area contributed by atoms with Gasteiger partial charge in [-0.05, 0) is 6.92 Å². The smallest absolute Gasteiger partial charge is 0.273 e. The highest BCUT2D eigenvalue weighted by atomic mass is 35.5. The van der Waals surface area contributed by atoms with Crippen molar-refractivity contribution in [1.29, 1.82) is 0 Å². The fourth-order valence-electron chi connectivity index (χ4n) is 1.03. The molecule has 1 saturated heterocycles. The Balaban J connectivity index is 0.00000121. The molecule has 1 unspecified atom stereocenters. The van der Waals surface area contributed by atoms with Crippen LogP contribution in [0.4, 0.5) is 0 Å². The van der Waals surface area contributed by atoms with Crippen molar-refractivity contribution >= 4 is 22.9 Å². The van der Waals surface area contributed by atoms with Crippen molar-refractivity contribution in [1.82, 2.24) is 4.31 Å². The Morgan fingerprint density at radius 1 is 1.33 bits per heavy atom. The van der Waals surface area contributed by atoms with Gasteiger partial charge in [-0.3, -0.25) is 9.59 Å². The van der Waals surface area contributed by atoms with Gasteiger partial charge >= 0.3 is 0 Å². The van der Waals surface area contributed by atoms with Crippen molar-refractivity contribution in [2.45, 2.75) is 19.8 Å². The fourth-order valence-corrected chi connectivity index (χ4v) is 2.17. The van der Waals surface area contributed by atoms with E-state index in [0.717, 1.165) is 5.75 Å². The van der Waals surface area contributed by atoms with Gasteiger partial charge in [-0.15, -0.1) is 0 Å². The summed E-state index contributed by atoms with van der Waals surface area (Å²) >= 11 is -0.178. The summed E-state index contributed by atoms with van der Waals surface area (Å²) in [7, 11) is 0. The molecule has 0 radical (unpaired) electrons. The Kier molecular flexibility index (Phi) is 4.63. The van der Waals surface area contributed by atoms with Crippen LogP contribution < -0.4 is 12.4 Å². The molecule has 12 heavy (non-hydrogen) atoms. The molecule has 3 nitrogen and oxygen atoms in total. The number of hydrogen-bond acceptors (Lipinski definition) is 2. The van der Waals surface area contributed by atoms with E-state index in [0.29, 0.717) is 12.8 Å². The van der Waals surface area contributed by atoms with Crippen molar-refractivity contribution in [2.24, 2.45) is 0 Å². The predicted octanol–water partition coefficient (Wildman–Crippen LogP) is -2.68. The normalized spacial score (nSPS) is 19.3. The second-order valence-electron chi connectivity index (χ2n) is 2.47. The Morgan fingerprint density at radius 2 is 1.75 bits per heavy atom. The standard InChI is InChI=1S/C7H12NO2S.ClH/c1-3-11(2)8-6(9)4-5-7(8)10;/h3-5H2,1-2H3;1H/q+1;/p-1. The van der Waals surface area contributed by atoms with Crippen molar-refractivity contribution < 1.29 is 22.0 Å². The number of imide groups is 1. The Bertz CT molecular complexity index is 182. The summed E-state index contributed by atoms with van der Waals surface area (Å²) < 4.78 is 1.42. The van der Waals surface area contributed by atoms with E-state index in [1.807, 2.05) is 13.2 Å². The number of amides is 2. The number of halogens is 1. The molecular formula is C7H12ClNO2S. The Hall–Kier alpha value is -0.220. The zero-order chi connectivity index (χ0) is 8.43. The highest BCUT2D eigenvalue weighted by molar-refractivity contribution is 7.95. The maximum atomic E-state index is 11.1. The van der Waals surface area contributed by atoms with Gasteiger partial charge in [-0.25, -0.2) is 0 Å². The van der Waals surface area contributed by atoms with E-state index in [1.54, 1.807) is 0 Å². The molecule has 1 aliphatic heterocycles. The number of carbonyl (C=O) groups excluding carboxylic acids is 2. The van der Waals surface area contributed by atoms with E-state index in [2.05, 4.69) is 0 Å². The lowest BCUT2D eigenvalue weighted by molar-refractivity contribution is -0.132. The average molecular weight is 210 g/mol. The second kappa shape index (κ2) is 4.72. The molecule has 70 valence electrons. The molecule has 0 N–H and O–H groups in total. The first-order valence-corrected chi connectivity index (χ1v) is 5.41. The number of rotatable bonds is 2. The fraction of sp³-hybridized carbons (Fsp3) is 0.714. The molecule has 0 aliphatic carbocycles. The molecule has 1 aliphatic rings. The van der Waals surface area contributed by atoms with Crippen LogP contribution in [0.25, 0.3) is 0 Å². The summed E-state index contributed by atoms with van der Waals surface area (Å²) in [6.45, 7) is 1.99. The predicted molar refractivity (Wildman–Crippen MR) is 44.9 cm³/mol. The quantitative estimate of drug-likeness (QED) is 0.367. The largest absolute Gasteiger partial charge is 1.00 e. The average Bonchev–Trinajstić information content (AvgIpc) is 2.30. The first kappa shape index (κ1) is 11.8. The highest BCUT2D eigenvalue weighted by Gasteiger charge is 2.39. The van der Waals surface area contributed by atoms with Crippen molar-refractivity contribution in [3.63, 3.8) is 0 Å². The Labute approximate surface area is 81.4 Å². The van der Waals surface area contributed by atoms with E-state index >= 15 is 0 Å². The van der Waals surface area contributed by atoms with E-state index in [4.69, 9.17) is 0 Å². The lowest BCUT2D eigenvalue weighted by Crippen LogP contribution is -3.00. The maximum absolute atomic E-state index is 11.1. The lowest BCUT2D eigenvalue weighted by atomic mass is 10.4. The van der Waals surface area contributed by atoms with Crippen LogP contribution in [0, 0.1) is 0 Å². The van der Waals surface area contributed by atoms with Gasteiger partial charge in [0.05, 0.1) is 0 Å². The SMILES string of the molecule is CC[S+](C)N1C(=O)CCC1=O.[Cl-]. The van der Waals surface area contributed by atoms with Crippen molar-refractivity contribution in [3.8, 4) is 0 Å². The first-order valence-electron chi connectivity index (χ1n) is 3.65. The summed E-state index contributed by atoms with van der Waals surface area (Å²) in [5, 5.41) is 0. The Morgan fingerprint density at radius 3 is 2.08 bits per heavy atom. The molecule has 0 spiro atoms. The summed E-state index contributed by atoms with van der Waals surface area (Å²) in [6.07, 6.45) is 2.76.